The SMILES string of the molecule is CCCC(C)C[C@@H](C)CC. The molecule has 0 heteroatoms. The first-order chi connectivity index (χ1) is 4.70. The standard InChI is InChI=1S/C10H22/c1-5-7-10(4)8-9(3)6-2/h9-10H,5-8H2,1-4H3/t9-,10?/m0/s1. The van der Waals surface area contributed by atoms with Crippen LogP contribution in [0, 0.1) is 11.8 Å². The van der Waals surface area contributed by atoms with Gasteiger partial charge in [-0.15, -0.1) is 0 Å². The molecule has 10 heavy (non-hydrogen) atoms. The zero-order chi connectivity index (χ0) is 7.98. The molecule has 0 radical (unpaired) electrons. The van der Waals surface area contributed by atoms with Crippen molar-refractivity contribution in [3.8, 4) is 0 Å². The molecule has 0 saturated carbocycles. The smallest absolute Gasteiger partial charge is 0.0440 e. The van der Waals surface area contributed by atoms with Crippen LogP contribution < -0.4 is 0 Å². The summed E-state index contributed by atoms with van der Waals surface area (Å²) in [4.78, 5) is 0. The molecule has 0 rings (SSSR count). The summed E-state index contributed by atoms with van der Waals surface area (Å²) >= 11 is 0. The Morgan fingerprint density at radius 3 is 2.00 bits per heavy atom. The van der Waals surface area contributed by atoms with E-state index in [1.54, 1.807) is 0 Å². The topological polar surface area (TPSA) is 0 Å². The molecule has 0 spiro atoms. The lowest BCUT2D eigenvalue weighted by atomic mass is 9.92. The molecular weight excluding hydrogens is 120 g/mol. The van der Waals surface area contributed by atoms with Crippen LogP contribution in [0.25, 0.3) is 0 Å². The Morgan fingerprint density at radius 2 is 1.60 bits per heavy atom. The van der Waals surface area contributed by atoms with Crippen molar-refractivity contribution >= 4 is 0 Å². The lowest BCUT2D eigenvalue weighted by Crippen LogP contribution is -2.01. The molecule has 0 aromatic heterocycles. The molecule has 62 valence electrons. The summed E-state index contributed by atoms with van der Waals surface area (Å²) in [6.45, 7) is 9.28. The average molecular weight is 142 g/mol. The second-order valence-corrected chi connectivity index (χ2v) is 3.64. The van der Waals surface area contributed by atoms with Gasteiger partial charge in [-0.1, -0.05) is 47.0 Å². The van der Waals surface area contributed by atoms with Crippen molar-refractivity contribution in [3.05, 3.63) is 0 Å². The van der Waals surface area contributed by atoms with E-state index in [0.717, 1.165) is 11.8 Å². The van der Waals surface area contributed by atoms with Gasteiger partial charge in [0.1, 0.15) is 0 Å². The molecule has 0 bridgehead atoms. The molecule has 0 N–H and O–H groups in total. The fraction of sp³-hybridized carbons (Fsp3) is 1.00. The summed E-state index contributed by atoms with van der Waals surface area (Å²) < 4.78 is 0. The second-order valence-electron chi connectivity index (χ2n) is 3.64. The summed E-state index contributed by atoms with van der Waals surface area (Å²) in [6.07, 6.45) is 5.51. The van der Waals surface area contributed by atoms with E-state index in [0.29, 0.717) is 0 Å². The van der Waals surface area contributed by atoms with E-state index in [1.165, 1.54) is 25.7 Å². The van der Waals surface area contributed by atoms with Crippen LogP contribution in [0.4, 0.5) is 0 Å². The van der Waals surface area contributed by atoms with Crippen LogP contribution in [0.1, 0.15) is 53.4 Å². The molecular formula is C10H22. The van der Waals surface area contributed by atoms with Crippen LogP contribution in [0.3, 0.4) is 0 Å². The molecule has 0 fully saturated rings. The van der Waals surface area contributed by atoms with Crippen molar-refractivity contribution in [1.29, 1.82) is 0 Å². The molecule has 2 atom stereocenters. The number of hydrogen-bond donors (Lipinski definition) is 0. The molecule has 0 aromatic carbocycles. The van der Waals surface area contributed by atoms with E-state index in [9.17, 15) is 0 Å². The first kappa shape index (κ1) is 10.0. The highest BCUT2D eigenvalue weighted by atomic mass is 14.1. The first-order valence-corrected chi connectivity index (χ1v) is 4.70. The number of rotatable bonds is 5. The maximum absolute atomic E-state index is 2.37. The maximum atomic E-state index is 2.37. The van der Waals surface area contributed by atoms with Gasteiger partial charge in [0.2, 0.25) is 0 Å². The highest BCUT2D eigenvalue weighted by molar-refractivity contribution is 4.57. The summed E-state index contributed by atoms with van der Waals surface area (Å²) in [5.74, 6) is 1.88. The Labute approximate surface area is 66.0 Å². The zero-order valence-corrected chi connectivity index (χ0v) is 7.98. The Hall–Kier alpha value is 0. The van der Waals surface area contributed by atoms with E-state index in [2.05, 4.69) is 27.7 Å². The third-order valence-corrected chi connectivity index (χ3v) is 2.28. The van der Waals surface area contributed by atoms with Crippen molar-refractivity contribution in [2.45, 2.75) is 53.4 Å². The minimum absolute atomic E-state index is 0.932. The fourth-order valence-electron chi connectivity index (χ4n) is 1.46. The molecule has 1 unspecified atom stereocenters. The minimum atomic E-state index is 0.932. The Morgan fingerprint density at radius 1 is 1.00 bits per heavy atom. The van der Waals surface area contributed by atoms with Crippen LogP contribution in [0.15, 0.2) is 0 Å². The second kappa shape index (κ2) is 5.76. The lowest BCUT2D eigenvalue weighted by molar-refractivity contribution is 0.384. The van der Waals surface area contributed by atoms with Gasteiger partial charge in [0.15, 0.2) is 0 Å². The molecule has 0 aliphatic rings. The molecule has 0 aliphatic carbocycles. The quantitative estimate of drug-likeness (QED) is 0.547. The Balaban J connectivity index is 3.27. The van der Waals surface area contributed by atoms with Crippen molar-refractivity contribution < 1.29 is 0 Å². The Kier molecular flexibility index (Phi) is 5.76. The van der Waals surface area contributed by atoms with E-state index in [1.807, 2.05) is 0 Å². The zero-order valence-electron chi connectivity index (χ0n) is 7.98. The van der Waals surface area contributed by atoms with Crippen LogP contribution in [0.2, 0.25) is 0 Å². The summed E-state index contributed by atoms with van der Waals surface area (Å²) in [7, 11) is 0. The maximum Gasteiger partial charge on any atom is -0.0440 e. The van der Waals surface area contributed by atoms with Crippen LogP contribution in [0.5, 0.6) is 0 Å². The van der Waals surface area contributed by atoms with E-state index in [-0.39, 0.29) is 0 Å². The molecule has 0 amide bonds. The van der Waals surface area contributed by atoms with Gasteiger partial charge in [-0.05, 0) is 18.3 Å². The molecule has 0 nitrogen and oxygen atoms in total. The van der Waals surface area contributed by atoms with Crippen molar-refractivity contribution in [2.75, 3.05) is 0 Å². The van der Waals surface area contributed by atoms with Gasteiger partial charge in [0, 0.05) is 0 Å². The Bertz CT molecular complexity index is 66.4. The van der Waals surface area contributed by atoms with Crippen molar-refractivity contribution in [1.82, 2.24) is 0 Å². The van der Waals surface area contributed by atoms with E-state index < -0.39 is 0 Å². The summed E-state index contributed by atoms with van der Waals surface area (Å²) in [6, 6.07) is 0. The van der Waals surface area contributed by atoms with Crippen molar-refractivity contribution in [2.24, 2.45) is 11.8 Å². The summed E-state index contributed by atoms with van der Waals surface area (Å²) in [5, 5.41) is 0. The summed E-state index contributed by atoms with van der Waals surface area (Å²) in [5.41, 5.74) is 0. The average Bonchev–Trinajstić information content (AvgIpc) is 1.88. The van der Waals surface area contributed by atoms with Gasteiger partial charge in [-0.2, -0.15) is 0 Å². The van der Waals surface area contributed by atoms with Crippen molar-refractivity contribution in [3.63, 3.8) is 0 Å². The number of hydrogen-bond acceptors (Lipinski definition) is 0. The molecule has 0 saturated heterocycles. The normalized spacial score (nSPS) is 16.8. The fourth-order valence-corrected chi connectivity index (χ4v) is 1.46. The lowest BCUT2D eigenvalue weighted by Gasteiger charge is -2.14. The van der Waals surface area contributed by atoms with Crippen LogP contribution in [-0.2, 0) is 0 Å². The third kappa shape index (κ3) is 4.84. The van der Waals surface area contributed by atoms with Gasteiger partial charge < -0.3 is 0 Å². The largest absolute Gasteiger partial charge is 0.0654 e. The minimum Gasteiger partial charge on any atom is -0.0654 e. The first-order valence-electron chi connectivity index (χ1n) is 4.70. The van der Waals surface area contributed by atoms with Crippen LogP contribution in [-0.4, -0.2) is 0 Å². The van der Waals surface area contributed by atoms with Gasteiger partial charge in [0.25, 0.3) is 0 Å². The third-order valence-electron chi connectivity index (χ3n) is 2.28. The van der Waals surface area contributed by atoms with Gasteiger partial charge in [0.05, 0.1) is 0 Å². The van der Waals surface area contributed by atoms with Gasteiger partial charge in [-0.25, -0.2) is 0 Å². The monoisotopic (exact) mass is 142 g/mol. The van der Waals surface area contributed by atoms with Crippen LogP contribution >= 0.6 is 0 Å². The predicted molar refractivity (Wildman–Crippen MR) is 48.1 cm³/mol. The van der Waals surface area contributed by atoms with Gasteiger partial charge in [-0.3, -0.25) is 0 Å². The predicted octanol–water partition coefficient (Wildman–Crippen LogP) is 3.86. The van der Waals surface area contributed by atoms with E-state index in [4.69, 9.17) is 0 Å². The molecule has 0 heterocycles. The highest BCUT2D eigenvalue weighted by Crippen LogP contribution is 2.18. The molecule has 0 aliphatic heterocycles. The molecule has 0 aromatic rings. The van der Waals surface area contributed by atoms with E-state index >= 15 is 0 Å². The highest BCUT2D eigenvalue weighted by Gasteiger charge is 2.04. The van der Waals surface area contributed by atoms with Gasteiger partial charge >= 0.3 is 0 Å².